The maximum atomic E-state index is 11.5. The molecule has 4 atom stereocenters. The summed E-state index contributed by atoms with van der Waals surface area (Å²) in [5, 5.41) is 19.3. The van der Waals surface area contributed by atoms with Crippen LogP contribution >= 0.6 is 0 Å². The third kappa shape index (κ3) is 1.67. The fourth-order valence-electron chi connectivity index (χ4n) is 3.60. The quantitative estimate of drug-likeness (QED) is 0.736. The predicted octanol–water partition coefficient (Wildman–Crippen LogP) is 2.04. The summed E-state index contributed by atoms with van der Waals surface area (Å²) < 4.78 is 0. The van der Waals surface area contributed by atoms with E-state index in [9.17, 15) is 15.0 Å². The molecule has 0 spiro atoms. The summed E-state index contributed by atoms with van der Waals surface area (Å²) in [6.45, 7) is 2.12. The van der Waals surface area contributed by atoms with Crippen LogP contribution in [0.5, 0.6) is 0 Å². The molecule has 0 radical (unpaired) electrons. The van der Waals surface area contributed by atoms with E-state index in [1.165, 1.54) is 0 Å². The van der Waals surface area contributed by atoms with Gasteiger partial charge in [0.2, 0.25) is 0 Å². The Labute approximate surface area is 90.5 Å². The van der Waals surface area contributed by atoms with Crippen molar-refractivity contribution in [1.29, 1.82) is 0 Å². The minimum Gasteiger partial charge on any atom is -0.481 e. The van der Waals surface area contributed by atoms with Crippen LogP contribution in [-0.2, 0) is 4.79 Å². The van der Waals surface area contributed by atoms with Crippen LogP contribution in [0, 0.1) is 17.3 Å². The van der Waals surface area contributed by atoms with Crippen molar-refractivity contribution in [3.63, 3.8) is 0 Å². The van der Waals surface area contributed by atoms with Gasteiger partial charge in [-0.25, -0.2) is 0 Å². The van der Waals surface area contributed by atoms with Crippen molar-refractivity contribution in [2.75, 3.05) is 0 Å². The fraction of sp³-hybridized carbons (Fsp3) is 0.917. The zero-order valence-corrected chi connectivity index (χ0v) is 9.28. The average Bonchev–Trinajstić information content (AvgIpc) is 2.72. The lowest BCUT2D eigenvalue weighted by molar-refractivity contribution is -0.155. The summed E-state index contributed by atoms with van der Waals surface area (Å²) in [6, 6.07) is 0. The van der Waals surface area contributed by atoms with Gasteiger partial charge in [0.25, 0.3) is 0 Å². The van der Waals surface area contributed by atoms with Gasteiger partial charge in [0.15, 0.2) is 0 Å². The Morgan fingerprint density at radius 1 is 1.33 bits per heavy atom. The summed E-state index contributed by atoms with van der Waals surface area (Å²) in [7, 11) is 0. The Morgan fingerprint density at radius 3 is 2.47 bits per heavy atom. The molecule has 0 amide bonds. The number of aliphatic carboxylic acids is 1. The zero-order valence-electron chi connectivity index (χ0n) is 9.28. The SMILES string of the molecule is CC1CCC(C(=O)O)(C2CCCC2O)C1. The molecule has 2 fully saturated rings. The lowest BCUT2D eigenvalue weighted by Crippen LogP contribution is -2.40. The van der Waals surface area contributed by atoms with Gasteiger partial charge in [-0.3, -0.25) is 4.79 Å². The van der Waals surface area contributed by atoms with E-state index in [4.69, 9.17) is 0 Å². The number of rotatable bonds is 2. The summed E-state index contributed by atoms with van der Waals surface area (Å²) >= 11 is 0. The summed E-state index contributed by atoms with van der Waals surface area (Å²) in [5.41, 5.74) is -0.616. The molecule has 0 aromatic carbocycles. The molecular weight excluding hydrogens is 192 g/mol. The summed E-state index contributed by atoms with van der Waals surface area (Å²) in [5.74, 6) is -0.188. The minimum atomic E-state index is -0.683. The number of hydrogen-bond donors (Lipinski definition) is 2. The molecule has 2 aliphatic carbocycles. The van der Waals surface area contributed by atoms with Gasteiger partial charge in [-0.2, -0.15) is 0 Å². The second-order valence-electron chi connectivity index (χ2n) is 5.41. The van der Waals surface area contributed by atoms with Gasteiger partial charge >= 0.3 is 5.97 Å². The molecular formula is C12H20O3. The van der Waals surface area contributed by atoms with E-state index in [1.807, 2.05) is 0 Å². The van der Waals surface area contributed by atoms with Gasteiger partial charge in [0.1, 0.15) is 0 Å². The molecule has 2 aliphatic rings. The number of carbonyl (C=O) groups is 1. The van der Waals surface area contributed by atoms with Crippen LogP contribution in [0.25, 0.3) is 0 Å². The second-order valence-corrected chi connectivity index (χ2v) is 5.41. The Balaban J connectivity index is 2.23. The Kier molecular flexibility index (Phi) is 2.75. The van der Waals surface area contributed by atoms with Crippen molar-refractivity contribution in [1.82, 2.24) is 0 Å². The molecule has 86 valence electrons. The monoisotopic (exact) mass is 212 g/mol. The highest BCUT2D eigenvalue weighted by molar-refractivity contribution is 5.75. The third-order valence-corrected chi connectivity index (χ3v) is 4.41. The molecule has 2 N–H and O–H groups in total. The summed E-state index contributed by atoms with van der Waals surface area (Å²) in [4.78, 5) is 11.5. The van der Waals surface area contributed by atoms with Gasteiger partial charge in [-0.05, 0) is 38.0 Å². The highest BCUT2D eigenvalue weighted by Gasteiger charge is 2.53. The molecule has 0 aliphatic heterocycles. The van der Waals surface area contributed by atoms with E-state index in [0.29, 0.717) is 5.92 Å². The van der Waals surface area contributed by atoms with Gasteiger partial charge in [-0.15, -0.1) is 0 Å². The molecule has 0 saturated heterocycles. The third-order valence-electron chi connectivity index (χ3n) is 4.41. The zero-order chi connectivity index (χ0) is 11.1. The summed E-state index contributed by atoms with van der Waals surface area (Å²) in [6.07, 6.45) is 4.78. The van der Waals surface area contributed by atoms with Crippen molar-refractivity contribution in [3.8, 4) is 0 Å². The Morgan fingerprint density at radius 2 is 2.07 bits per heavy atom. The Bertz CT molecular complexity index is 264. The van der Waals surface area contributed by atoms with Crippen molar-refractivity contribution in [3.05, 3.63) is 0 Å². The van der Waals surface area contributed by atoms with E-state index in [0.717, 1.165) is 38.5 Å². The first-order chi connectivity index (χ1) is 7.06. The van der Waals surface area contributed by atoms with Crippen molar-refractivity contribution >= 4 is 5.97 Å². The van der Waals surface area contributed by atoms with Crippen LogP contribution in [0.3, 0.4) is 0 Å². The molecule has 15 heavy (non-hydrogen) atoms. The molecule has 3 nitrogen and oxygen atoms in total. The Hall–Kier alpha value is -0.570. The van der Waals surface area contributed by atoms with Crippen LogP contribution < -0.4 is 0 Å². The molecule has 0 aromatic heterocycles. The van der Waals surface area contributed by atoms with E-state index in [2.05, 4.69) is 6.92 Å². The predicted molar refractivity (Wildman–Crippen MR) is 56.4 cm³/mol. The first kappa shape index (κ1) is 10.9. The van der Waals surface area contributed by atoms with Crippen LogP contribution in [0.1, 0.15) is 45.4 Å². The number of carboxylic acids is 1. The highest BCUT2D eigenvalue weighted by atomic mass is 16.4. The van der Waals surface area contributed by atoms with Crippen molar-refractivity contribution < 1.29 is 15.0 Å². The van der Waals surface area contributed by atoms with Crippen LogP contribution in [0.2, 0.25) is 0 Å². The van der Waals surface area contributed by atoms with Gasteiger partial charge in [0.05, 0.1) is 11.5 Å². The molecule has 4 unspecified atom stereocenters. The maximum Gasteiger partial charge on any atom is 0.310 e. The van der Waals surface area contributed by atoms with Crippen LogP contribution in [0.4, 0.5) is 0 Å². The molecule has 2 saturated carbocycles. The molecule has 0 aromatic rings. The smallest absolute Gasteiger partial charge is 0.310 e. The fourth-order valence-corrected chi connectivity index (χ4v) is 3.60. The average molecular weight is 212 g/mol. The number of hydrogen-bond acceptors (Lipinski definition) is 2. The first-order valence-corrected chi connectivity index (χ1v) is 5.98. The number of carboxylic acid groups (broad SMARTS) is 1. The van der Waals surface area contributed by atoms with Crippen molar-refractivity contribution in [2.45, 2.75) is 51.6 Å². The van der Waals surface area contributed by atoms with E-state index >= 15 is 0 Å². The van der Waals surface area contributed by atoms with E-state index < -0.39 is 11.4 Å². The number of aliphatic hydroxyl groups is 1. The molecule has 2 rings (SSSR count). The van der Waals surface area contributed by atoms with Gasteiger partial charge in [-0.1, -0.05) is 13.3 Å². The molecule has 0 bridgehead atoms. The lowest BCUT2D eigenvalue weighted by Gasteiger charge is -2.33. The van der Waals surface area contributed by atoms with E-state index in [-0.39, 0.29) is 12.0 Å². The first-order valence-electron chi connectivity index (χ1n) is 5.98. The molecule has 3 heteroatoms. The minimum absolute atomic E-state index is 0.0000463. The lowest BCUT2D eigenvalue weighted by atomic mass is 9.71. The molecule has 0 heterocycles. The van der Waals surface area contributed by atoms with Crippen LogP contribution in [-0.4, -0.2) is 22.3 Å². The van der Waals surface area contributed by atoms with E-state index in [1.54, 1.807) is 0 Å². The standard InChI is InChI=1S/C12H20O3/c1-8-5-6-12(7-8,11(14)15)9-3-2-4-10(9)13/h8-10,13H,2-7H2,1H3,(H,14,15). The number of aliphatic hydroxyl groups excluding tert-OH is 1. The van der Waals surface area contributed by atoms with Crippen molar-refractivity contribution in [2.24, 2.45) is 17.3 Å². The van der Waals surface area contributed by atoms with Gasteiger partial charge in [0, 0.05) is 5.92 Å². The van der Waals surface area contributed by atoms with Crippen LogP contribution in [0.15, 0.2) is 0 Å². The van der Waals surface area contributed by atoms with Gasteiger partial charge < -0.3 is 10.2 Å². The largest absolute Gasteiger partial charge is 0.481 e. The second kappa shape index (κ2) is 3.78. The maximum absolute atomic E-state index is 11.5. The topological polar surface area (TPSA) is 57.5 Å². The normalized spacial score (nSPS) is 45.9. The highest BCUT2D eigenvalue weighted by Crippen LogP contribution is 2.52.